The van der Waals surface area contributed by atoms with Crippen LogP contribution in [0.2, 0.25) is 5.02 Å². The minimum atomic E-state index is 0.531. The minimum absolute atomic E-state index is 0.531. The number of nitrogen functional groups attached to an aromatic ring is 1. The Bertz CT molecular complexity index is 375. The molecule has 4 N–H and O–H groups in total. The highest BCUT2D eigenvalue weighted by Crippen LogP contribution is 2.27. The van der Waals surface area contributed by atoms with Crippen LogP contribution in [0.3, 0.4) is 0 Å². The first-order chi connectivity index (χ1) is 6.77. The maximum absolute atomic E-state index is 6.00. The molecule has 0 atom stereocenters. The highest BCUT2D eigenvalue weighted by Gasteiger charge is 2.08. The van der Waals surface area contributed by atoms with E-state index in [-0.39, 0.29) is 0 Å². The molecule has 0 radical (unpaired) electrons. The van der Waals surface area contributed by atoms with Gasteiger partial charge in [0.2, 0.25) is 0 Å². The van der Waals surface area contributed by atoms with Crippen molar-refractivity contribution in [2.24, 2.45) is 4.99 Å². The lowest BCUT2D eigenvalue weighted by atomic mass is 10.3. The van der Waals surface area contributed by atoms with Crippen LogP contribution in [0.5, 0.6) is 0 Å². The van der Waals surface area contributed by atoms with Gasteiger partial charge in [-0.3, -0.25) is 4.99 Å². The van der Waals surface area contributed by atoms with E-state index in [2.05, 4.69) is 15.6 Å². The van der Waals surface area contributed by atoms with Crippen molar-refractivity contribution in [2.45, 2.75) is 0 Å². The fraction of sp³-hybridized carbons (Fsp3) is 0.222. The zero-order chi connectivity index (χ0) is 9.97. The van der Waals surface area contributed by atoms with Crippen molar-refractivity contribution in [3.63, 3.8) is 0 Å². The summed E-state index contributed by atoms with van der Waals surface area (Å²) in [6.07, 6.45) is 0. The second-order valence-electron chi connectivity index (χ2n) is 2.99. The normalized spacial score (nSPS) is 14.8. The number of hydrogen-bond donors (Lipinski definition) is 3. The summed E-state index contributed by atoms with van der Waals surface area (Å²) in [6.45, 7) is 1.66. The van der Waals surface area contributed by atoms with Crippen LogP contribution in [-0.2, 0) is 0 Å². The van der Waals surface area contributed by atoms with Crippen LogP contribution in [0, 0.1) is 0 Å². The van der Waals surface area contributed by atoms with Crippen molar-refractivity contribution in [1.82, 2.24) is 5.32 Å². The van der Waals surface area contributed by atoms with Gasteiger partial charge in [0.05, 0.1) is 22.9 Å². The number of nitrogens with two attached hydrogens (primary N) is 1. The topological polar surface area (TPSA) is 62.4 Å². The molecule has 0 unspecified atom stereocenters. The third kappa shape index (κ3) is 1.75. The van der Waals surface area contributed by atoms with E-state index in [9.17, 15) is 0 Å². The largest absolute Gasteiger partial charge is 0.397 e. The van der Waals surface area contributed by atoms with Crippen molar-refractivity contribution >= 4 is 28.9 Å². The zero-order valence-corrected chi connectivity index (χ0v) is 8.30. The van der Waals surface area contributed by atoms with Crippen molar-refractivity contribution in [2.75, 3.05) is 24.1 Å². The second kappa shape index (κ2) is 3.75. The van der Waals surface area contributed by atoms with Gasteiger partial charge < -0.3 is 16.4 Å². The third-order valence-electron chi connectivity index (χ3n) is 1.96. The fourth-order valence-electron chi connectivity index (χ4n) is 1.26. The first-order valence-corrected chi connectivity index (χ1v) is 4.74. The van der Waals surface area contributed by atoms with Gasteiger partial charge in [-0.25, -0.2) is 0 Å². The van der Waals surface area contributed by atoms with Crippen LogP contribution >= 0.6 is 11.6 Å². The van der Waals surface area contributed by atoms with Crippen molar-refractivity contribution in [3.8, 4) is 0 Å². The minimum Gasteiger partial charge on any atom is -0.397 e. The molecule has 0 fully saturated rings. The quantitative estimate of drug-likeness (QED) is 0.613. The van der Waals surface area contributed by atoms with E-state index < -0.39 is 0 Å². The lowest BCUT2D eigenvalue weighted by molar-refractivity contribution is 0.959. The molecule has 1 heterocycles. The van der Waals surface area contributed by atoms with Crippen LogP contribution in [0.4, 0.5) is 11.4 Å². The summed E-state index contributed by atoms with van der Waals surface area (Å²) in [5.74, 6) is 0.748. The first-order valence-electron chi connectivity index (χ1n) is 4.37. The van der Waals surface area contributed by atoms with Crippen molar-refractivity contribution in [1.29, 1.82) is 0 Å². The molecule has 0 aromatic heterocycles. The number of anilines is 2. The van der Waals surface area contributed by atoms with Gasteiger partial charge in [0.1, 0.15) is 0 Å². The van der Waals surface area contributed by atoms with E-state index in [0.29, 0.717) is 10.7 Å². The fourth-order valence-corrected chi connectivity index (χ4v) is 1.43. The Morgan fingerprint density at radius 1 is 1.50 bits per heavy atom. The molecule has 0 spiro atoms. The predicted octanol–water partition coefficient (Wildman–Crippen LogP) is 1.29. The molecule has 0 aliphatic carbocycles. The Hall–Kier alpha value is -1.42. The van der Waals surface area contributed by atoms with Crippen LogP contribution < -0.4 is 16.4 Å². The molecule has 74 valence electrons. The maximum Gasteiger partial charge on any atom is 0.195 e. The number of rotatable bonds is 1. The molecular weight excluding hydrogens is 200 g/mol. The van der Waals surface area contributed by atoms with Gasteiger partial charge in [0.25, 0.3) is 0 Å². The van der Waals surface area contributed by atoms with E-state index in [1.165, 1.54) is 0 Å². The van der Waals surface area contributed by atoms with E-state index in [1.807, 2.05) is 12.1 Å². The Labute approximate surface area is 87.2 Å². The predicted molar refractivity (Wildman–Crippen MR) is 59.8 cm³/mol. The van der Waals surface area contributed by atoms with Gasteiger partial charge >= 0.3 is 0 Å². The molecule has 1 aliphatic rings. The number of halogens is 1. The molecule has 4 nitrogen and oxygen atoms in total. The number of hydrogen-bond acceptors (Lipinski definition) is 4. The van der Waals surface area contributed by atoms with Gasteiger partial charge in [0, 0.05) is 6.54 Å². The second-order valence-corrected chi connectivity index (χ2v) is 3.37. The van der Waals surface area contributed by atoms with Gasteiger partial charge in [0.15, 0.2) is 5.96 Å². The zero-order valence-electron chi connectivity index (χ0n) is 7.55. The van der Waals surface area contributed by atoms with Crippen LogP contribution in [0.1, 0.15) is 0 Å². The van der Waals surface area contributed by atoms with Crippen LogP contribution in [0.25, 0.3) is 0 Å². The summed E-state index contributed by atoms with van der Waals surface area (Å²) in [7, 11) is 0. The average molecular weight is 211 g/mol. The number of aliphatic imine (C=N–C) groups is 1. The van der Waals surface area contributed by atoms with E-state index in [0.717, 1.165) is 24.7 Å². The monoisotopic (exact) mass is 210 g/mol. The number of benzene rings is 1. The molecule has 2 rings (SSSR count). The molecule has 5 heteroatoms. The molecule has 0 saturated carbocycles. The summed E-state index contributed by atoms with van der Waals surface area (Å²) >= 11 is 6.00. The third-order valence-corrected chi connectivity index (χ3v) is 2.38. The molecule has 1 aromatic rings. The number of guanidine groups is 1. The van der Waals surface area contributed by atoms with Gasteiger partial charge in [-0.05, 0) is 12.1 Å². The first kappa shape index (κ1) is 9.15. The van der Waals surface area contributed by atoms with Gasteiger partial charge in [-0.15, -0.1) is 0 Å². The number of nitrogens with one attached hydrogen (secondary N) is 2. The standard InChI is InChI=1S/C9H11ClN4/c10-8-6(11)2-1-3-7(8)14-9-12-4-5-13-9/h1-3H,4-5,11H2,(H2,12,13,14). The smallest absolute Gasteiger partial charge is 0.195 e. The van der Waals surface area contributed by atoms with Crippen molar-refractivity contribution in [3.05, 3.63) is 23.2 Å². The molecule has 1 aromatic carbocycles. The van der Waals surface area contributed by atoms with E-state index >= 15 is 0 Å². The summed E-state index contributed by atoms with van der Waals surface area (Å²) in [4.78, 5) is 4.20. The average Bonchev–Trinajstić information content (AvgIpc) is 2.66. The summed E-state index contributed by atoms with van der Waals surface area (Å²) in [5, 5.41) is 6.70. The summed E-state index contributed by atoms with van der Waals surface area (Å²) < 4.78 is 0. The summed E-state index contributed by atoms with van der Waals surface area (Å²) in [6, 6.07) is 5.47. The highest BCUT2D eigenvalue weighted by molar-refractivity contribution is 6.36. The Kier molecular flexibility index (Phi) is 2.45. The molecule has 0 saturated heterocycles. The Morgan fingerprint density at radius 3 is 3.07 bits per heavy atom. The maximum atomic E-state index is 6.00. The van der Waals surface area contributed by atoms with Gasteiger partial charge in [-0.1, -0.05) is 17.7 Å². The molecule has 0 amide bonds. The molecule has 14 heavy (non-hydrogen) atoms. The Balaban J connectivity index is 2.20. The van der Waals surface area contributed by atoms with Gasteiger partial charge in [-0.2, -0.15) is 0 Å². The molecule has 0 bridgehead atoms. The van der Waals surface area contributed by atoms with Crippen molar-refractivity contribution < 1.29 is 0 Å². The van der Waals surface area contributed by atoms with E-state index in [1.54, 1.807) is 6.07 Å². The molecular formula is C9H11ClN4. The number of nitrogens with zero attached hydrogens (tertiary/aromatic N) is 1. The SMILES string of the molecule is Nc1cccc(NC2=NCCN2)c1Cl. The lowest BCUT2D eigenvalue weighted by Crippen LogP contribution is -2.26. The summed E-state index contributed by atoms with van der Waals surface area (Å²) in [5.41, 5.74) is 7.01. The molecule has 1 aliphatic heterocycles. The van der Waals surface area contributed by atoms with E-state index in [4.69, 9.17) is 17.3 Å². The highest BCUT2D eigenvalue weighted by atomic mass is 35.5. The Morgan fingerprint density at radius 2 is 2.36 bits per heavy atom. The van der Waals surface area contributed by atoms with Crippen LogP contribution in [-0.4, -0.2) is 19.0 Å². The lowest BCUT2D eigenvalue weighted by Gasteiger charge is -2.09. The van der Waals surface area contributed by atoms with Crippen LogP contribution in [0.15, 0.2) is 23.2 Å².